The summed E-state index contributed by atoms with van der Waals surface area (Å²) in [5.74, 6) is 0.532. The summed E-state index contributed by atoms with van der Waals surface area (Å²) in [6.07, 6.45) is 0.623. The Hall–Kier alpha value is -1.62. The van der Waals surface area contributed by atoms with Crippen LogP contribution in [0.15, 0.2) is 29.3 Å². The highest BCUT2D eigenvalue weighted by atomic mass is 19.1. The Morgan fingerprint density at radius 3 is 2.67 bits per heavy atom. The van der Waals surface area contributed by atoms with Gasteiger partial charge in [0.05, 0.1) is 6.61 Å². The highest BCUT2D eigenvalue weighted by Crippen LogP contribution is 2.05. The maximum atomic E-state index is 13.4. The van der Waals surface area contributed by atoms with Crippen molar-refractivity contribution in [2.75, 3.05) is 33.9 Å². The van der Waals surface area contributed by atoms with E-state index in [1.165, 1.54) is 6.07 Å². The molecule has 1 aromatic rings. The van der Waals surface area contributed by atoms with Gasteiger partial charge in [0.2, 0.25) is 0 Å². The number of hydrogen-bond donors (Lipinski definition) is 2. The molecule has 0 amide bonds. The molecule has 18 heavy (non-hydrogen) atoms. The van der Waals surface area contributed by atoms with Gasteiger partial charge in [0.25, 0.3) is 0 Å². The Morgan fingerprint density at radius 1 is 1.28 bits per heavy atom. The van der Waals surface area contributed by atoms with Crippen LogP contribution in [0.25, 0.3) is 0 Å². The fourth-order valence-corrected chi connectivity index (χ4v) is 1.51. The second kappa shape index (κ2) is 8.47. The quantitative estimate of drug-likeness (QED) is 0.454. The van der Waals surface area contributed by atoms with E-state index in [2.05, 4.69) is 15.6 Å². The molecule has 1 rings (SSSR count). The molecule has 0 bridgehead atoms. The predicted molar refractivity (Wildman–Crippen MR) is 71.3 cm³/mol. The normalized spacial score (nSPS) is 11.4. The number of halogens is 1. The van der Waals surface area contributed by atoms with E-state index in [9.17, 15) is 4.39 Å². The molecule has 0 fully saturated rings. The number of benzene rings is 1. The highest BCUT2D eigenvalue weighted by Gasteiger charge is 2.01. The van der Waals surface area contributed by atoms with E-state index < -0.39 is 0 Å². The molecule has 0 aliphatic heterocycles. The van der Waals surface area contributed by atoms with Crippen LogP contribution in [-0.2, 0) is 11.2 Å². The molecule has 5 heteroatoms. The van der Waals surface area contributed by atoms with Crippen LogP contribution in [0.1, 0.15) is 5.56 Å². The average molecular weight is 253 g/mol. The Balaban J connectivity index is 2.30. The fraction of sp³-hybridized carbons (Fsp3) is 0.462. The van der Waals surface area contributed by atoms with Crippen LogP contribution in [0.3, 0.4) is 0 Å². The van der Waals surface area contributed by atoms with Gasteiger partial charge >= 0.3 is 0 Å². The Kier molecular flexibility index (Phi) is 6.79. The number of rotatable bonds is 6. The lowest BCUT2D eigenvalue weighted by molar-refractivity contribution is 0.203. The molecule has 0 spiro atoms. The average Bonchev–Trinajstić information content (AvgIpc) is 2.39. The fourth-order valence-electron chi connectivity index (χ4n) is 1.51. The van der Waals surface area contributed by atoms with Crippen molar-refractivity contribution in [2.24, 2.45) is 4.99 Å². The number of guanidine groups is 1. The highest BCUT2D eigenvalue weighted by molar-refractivity contribution is 5.79. The van der Waals surface area contributed by atoms with Crippen LogP contribution in [0.4, 0.5) is 4.39 Å². The third-order valence-electron chi connectivity index (χ3n) is 2.47. The van der Waals surface area contributed by atoms with Gasteiger partial charge in [-0.05, 0) is 18.1 Å². The van der Waals surface area contributed by atoms with Gasteiger partial charge in [-0.2, -0.15) is 0 Å². The largest absolute Gasteiger partial charge is 0.383 e. The third-order valence-corrected chi connectivity index (χ3v) is 2.47. The van der Waals surface area contributed by atoms with E-state index in [1.807, 2.05) is 6.07 Å². The minimum atomic E-state index is -0.165. The van der Waals surface area contributed by atoms with Crippen molar-refractivity contribution < 1.29 is 9.13 Å². The lowest BCUT2D eigenvalue weighted by Crippen LogP contribution is -2.39. The number of methoxy groups -OCH3 is 1. The monoisotopic (exact) mass is 253 g/mol. The predicted octanol–water partition coefficient (Wildman–Crippen LogP) is 1.18. The van der Waals surface area contributed by atoms with Crippen molar-refractivity contribution in [3.8, 4) is 0 Å². The molecule has 2 N–H and O–H groups in total. The molecule has 0 heterocycles. The number of nitrogens with one attached hydrogen (secondary N) is 2. The van der Waals surface area contributed by atoms with Gasteiger partial charge in [0.1, 0.15) is 5.82 Å². The van der Waals surface area contributed by atoms with Crippen LogP contribution >= 0.6 is 0 Å². The van der Waals surface area contributed by atoms with Gasteiger partial charge in [-0.15, -0.1) is 0 Å². The maximum Gasteiger partial charge on any atom is 0.191 e. The lowest BCUT2D eigenvalue weighted by atomic mass is 10.1. The zero-order valence-electron chi connectivity index (χ0n) is 10.9. The van der Waals surface area contributed by atoms with Crippen LogP contribution < -0.4 is 10.6 Å². The minimum absolute atomic E-state index is 0.165. The first-order valence-electron chi connectivity index (χ1n) is 5.94. The molecule has 0 radical (unpaired) electrons. The van der Waals surface area contributed by atoms with Gasteiger partial charge in [-0.25, -0.2) is 4.39 Å². The lowest BCUT2D eigenvalue weighted by Gasteiger charge is -2.11. The molecule has 0 aliphatic rings. The van der Waals surface area contributed by atoms with Crippen molar-refractivity contribution in [3.05, 3.63) is 35.6 Å². The second-order valence-corrected chi connectivity index (χ2v) is 3.76. The van der Waals surface area contributed by atoms with Crippen LogP contribution in [0.2, 0.25) is 0 Å². The number of ether oxygens (including phenoxy) is 1. The van der Waals surface area contributed by atoms with Crippen LogP contribution in [0, 0.1) is 5.82 Å². The number of nitrogens with zero attached hydrogens (tertiary/aromatic N) is 1. The summed E-state index contributed by atoms with van der Waals surface area (Å²) < 4.78 is 18.3. The van der Waals surface area contributed by atoms with Crippen molar-refractivity contribution in [3.63, 3.8) is 0 Å². The van der Waals surface area contributed by atoms with E-state index in [0.29, 0.717) is 37.6 Å². The SMILES string of the molecule is CN=C(NCCOC)NCCc1ccccc1F. The molecule has 0 atom stereocenters. The Labute approximate surface area is 107 Å². The summed E-state index contributed by atoms with van der Waals surface area (Å²) in [5.41, 5.74) is 0.706. The molecule has 4 nitrogen and oxygen atoms in total. The summed E-state index contributed by atoms with van der Waals surface area (Å²) in [5, 5.41) is 6.21. The first kappa shape index (κ1) is 14.4. The molecule has 100 valence electrons. The Morgan fingerprint density at radius 2 is 2.00 bits per heavy atom. The zero-order valence-corrected chi connectivity index (χ0v) is 10.9. The molecular weight excluding hydrogens is 233 g/mol. The second-order valence-electron chi connectivity index (χ2n) is 3.76. The smallest absolute Gasteiger partial charge is 0.191 e. The Bertz CT molecular complexity index is 382. The topological polar surface area (TPSA) is 45.7 Å². The molecule has 0 aliphatic carbocycles. The number of hydrogen-bond acceptors (Lipinski definition) is 2. The summed E-state index contributed by atoms with van der Waals surface area (Å²) in [7, 11) is 3.35. The van der Waals surface area contributed by atoms with Crippen molar-refractivity contribution >= 4 is 5.96 Å². The van der Waals surface area contributed by atoms with Crippen molar-refractivity contribution in [1.29, 1.82) is 0 Å². The van der Waals surface area contributed by atoms with Gasteiger partial charge in [0, 0.05) is 27.2 Å². The van der Waals surface area contributed by atoms with Crippen LogP contribution in [0.5, 0.6) is 0 Å². The van der Waals surface area contributed by atoms with Gasteiger partial charge < -0.3 is 15.4 Å². The molecule has 1 aromatic carbocycles. The van der Waals surface area contributed by atoms with E-state index in [0.717, 1.165) is 0 Å². The third kappa shape index (κ3) is 5.14. The first-order chi connectivity index (χ1) is 8.77. The molecule has 0 saturated carbocycles. The molecule has 0 unspecified atom stereocenters. The molecular formula is C13H20FN3O. The van der Waals surface area contributed by atoms with Gasteiger partial charge in [-0.3, -0.25) is 4.99 Å². The standard InChI is InChI=1S/C13H20FN3O/c1-15-13(17-9-10-18-2)16-8-7-11-5-3-4-6-12(11)14/h3-6H,7-10H2,1-2H3,(H2,15,16,17). The van der Waals surface area contributed by atoms with Gasteiger partial charge in [0.15, 0.2) is 5.96 Å². The maximum absolute atomic E-state index is 13.4. The molecule has 0 aromatic heterocycles. The minimum Gasteiger partial charge on any atom is -0.383 e. The van der Waals surface area contributed by atoms with Gasteiger partial charge in [-0.1, -0.05) is 18.2 Å². The summed E-state index contributed by atoms with van der Waals surface area (Å²) in [6.45, 7) is 1.94. The first-order valence-corrected chi connectivity index (χ1v) is 5.94. The van der Waals surface area contributed by atoms with E-state index in [-0.39, 0.29) is 5.82 Å². The molecule has 0 saturated heterocycles. The summed E-state index contributed by atoms with van der Waals surface area (Å²) in [6, 6.07) is 6.79. The number of aliphatic imine (C=N–C) groups is 1. The summed E-state index contributed by atoms with van der Waals surface area (Å²) >= 11 is 0. The van der Waals surface area contributed by atoms with Crippen molar-refractivity contribution in [2.45, 2.75) is 6.42 Å². The van der Waals surface area contributed by atoms with Crippen molar-refractivity contribution in [1.82, 2.24) is 10.6 Å². The van der Waals surface area contributed by atoms with Crippen LogP contribution in [-0.4, -0.2) is 39.8 Å². The summed E-state index contributed by atoms with van der Waals surface area (Å²) in [4.78, 5) is 4.06. The van der Waals surface area contributed by atoms with E-state index in [1.54, 1.807) is 26.3 Å². The van der Waals surface area contributed by atoms with E-state index >= 15 is 0 Å². The zero-order chi connectivity index (χ0) is 13.2. The van der Waals surface area contributed by atoms with E-state index in [4.69, 9.17) is 4.74 Å².